The molecular weight excluding hydrogens is 352 g/mol. The first kappa shape index (κ1) is 19.2. The lowest BCUT2D eigenvalue weighted by molar-refractivity contribution is -0.117. The summed E-state index contributed by atoms with van der Waals surface area (Å²) in [6, 6.07) is 18.4. The van der Waals surface area contributed by atoms with E-state index in [1.54, 1.807) is 24.3 Å². The van der Waals surface area contributed by atoms with Crippen molar-refractivity contribution in [2.75, 3.05) is 0 Å². The van der Waals surface area contributed by atoms with E-state index in [2.05, 4.69) is 10.6 Å². The monoisotopic (exact) mass is 374 g/mol. The number of benzene rings is 2. The number of hydrogen-bond donors (Lipinski definition) is 2. The Labute approximate surface area is 164 Å². The number of aryl methyl sites for hydroxylation is 2. The molecule has 3 aromatic rings. The highest BCUT2D eigenvalue weighted by atomic mass is 16.3. The topological polar surface area (TPSA) is 71.3 Å². The Morgan fingerprint density at radius 1 is 0.964 bits per heavy atom. The van der Waals surface area contributed by atoms with Gasteiger partial charge in [0.25, 0.3) is 11.8 Å². The third kappa shape index (κ3) is 4.98. The van der Waals surface area contributed by atoms with Crippen LogP contribution in [-0.2, 0) is 11.3 Å². The van der Waals surface area contributed by atoms with E-state index in [9.17, 15) is 9.59 Å². The van der Waals surface area contributed by atoms with E-state index >= 15 is 0 Å². The molecule has 3 rings (SSSR count). The molecule has 1 heterocycles. The lowest BCUT2D eigenvalue weighted by atomic mass is 10.1. The zero-order valence-corrected chi connectivity index (χ0v) is 15.9. The quantitative estimate of drug-likeness (QED) is 0.641. The van der Waals surface area contributed by atoms with Gasteiger partial charge in [0.15, 0.2) is 0 Å². The fraction of sp³-hybridized carbons (Fsp3) is 0.130. The van der Waals surface area contributed by atoms with Crippen LogP contribution in [-0.4, -0.2) is 11.8 Å². The highest BCUT2D eigenvalue weighted by Crippen LogP contribution is 2.10. The number of rotatable bonds is 6. The van der Waals surface area contributed by atoms with Gasteiger partial charge in [-0.25, -0.2) is 0 Å². The molecule has 5 nitrogen and oxygen atoms in total. The minimum absolute atomic E-state index is 0.120. The van der Waals surface area contributed by atoms with Gasteiger partial charge < -0.3 is 15.1 Å². The average molecular weight is 374 g/mol. The van der Waals surface area contributed by atoms with Crippen molar-refractivity contribution in [2.45, 2.75) is 20.4 Å². The molecule has 0 saturated heterocycles. The maximum absolute atomic E-state index is 12.7. The van der Waals surface area contributed by atoms with Crippen LogP contribution in [0.25, 0.3) is 6.08 Å². The van der Waals surface area contributed by atoms with Crippen LogP contribution in [0.1, 0.15) is 32.8 Å². The molecule has 1 aromatic heterocycles. The van der Waals surface area contributed by atoms with Crippen LogP contribution in [0, 0.1) is 13.8 Å². The summed E-state index contributed by atoms with van der Waals surface area (Å²) < 4.78 is 5.29. The summed E-state index contributed by atoms with van der Waals surface area (Å²) in [6.07, 6.45) is 3.02. The molecule has 0 radical (unpaired) electrons. The predicted octanol–water partition coefficient (Wildman–Crippen LogP) is 3.98. The lowest BCUT2D eigenvalue weighted by Crippen LogP contribution is -2.34. The Kier molecular flexibility index (Phi) is 6.07. The summed E-state index contributed by atoms with van der Waals surface area (Å²) in [4.78, 5) is 25.3. The minimum atomic E-state index is -0.389. The SMILES string of the molecule is Cc1ccc(C(=O)N/C(=C\c2ccco2)C(=O)NCc2ccccc2C)cc1. The van der Waals surface area contributed by atoms with Gasteiger partial charge in [0.1, 0.15) is 11.5 Å². The van der Waals surface area contributed by atoms with E-state index < -0.39 is 0 Å². The maximum Gasteiger partial charge on any atom is 0.268 e. The van der Waals surface area contributed by atoms with Gasteiger partial charge in [0.2, 0.25) is 0 Å². The zero-order valence-electron chi connectivity index (χ0n) is 15.9. The second kappa shape index (κ2) is 8.86. The standard InChI is InChI=1S/C23H22N2O3/c1-16-9-11-18(12-10-16)22(26)25-21(14-20-8-5-13-28-20)23(27)24-15-19-7-4-3-6-17(19)2/h3-14H,15H2,1-2H3,(H,24,27)(H,25,26)/b21-14-. The van der Waals surface area contributed by atoms with Crippen LogP contribution in [0.3, 0.4) is 0 Å². The first-order valence-corrected chi connectivity index (χ1v) is 8.99. The van der Waals surface area contributed by atoms with E-state index in [0.29, 0.717) is 17.9 Å². The van der Waals surface area contributed by atoms with Crippen molar-refractivity contribution in [3.05, 3.63) is 101 Å². The molecule has 0 bridgehead atoms. The van der Waals surface area contributed by atoms with Crippen LogP contribution in [0.2, 0.25) is 0 Å². The Balaban J connectivity index is 1.77. The van der Waals surface area contributed by atoms with Gasteiger partial charge in [-0.3, -0.25) is 9.59 Å². The lowest BCUT2D eigenvalue weighted by Gasteiger charge is -2.12. The molecule has 0 spiro atoms. The first-order chi connectivity index (χ1) is 13.5. The smallest absolute Gasteiger partial charge is 0.268 e. The van der Waals surface area contributed by atoms with Crippen molar-refractivity contribution in [3.8, 4) is 0 Å². The van der Waals surface area contributed by atoms with Crippen LogP contribution < -0.4 is 10.6 Å². The van der Waals surface area contributed by atoms with Crippen molar-refractivity contribution in [1.29, 1.82) is 0 Å². The first-order valence-electron chi connectivity index (χ1n) is 8.99. The summed E-state index contributed by atoms with van der Waals surface area (Å²) >= 11 is 0. The number of hydrogen-bond acceptors (Lipinski definition) is 3. The van der Waals surface area contributed by atoms with Crippen molar-refractivity contribution >= 4 is 17.9 Å². The molecule has 2 N–H and O–H groups in total. The molecule has 5 heteroatoms. The molecule has 28 heavy (non-hydrogen) atoms. The number of furan rings is 1. The van der Waals surface area contributed by atoms with Gasteiger partial charge in [0.05, 0.1) is 6.26 Å². The molecule has 0 atom stereocenters. The maximum atomic E-state index is 12.7. The van der Waals surface area contributed by atoms with Gasteiger partial charge in [0, 0.05) is 18.2 Å². The molecule has 142 valence electrons. The molecule has 2 amide bonds. The normalized spacial score (nSPS) is 11.1. The summed E-state index contributed by atoms with van der Waals surface area (Å²) in [7, 11) is 0. The Hall–Kier alpha value is -3.60. The summed E-state index contributed by atoms with van der Waals surface area (Å²) in [5.41, 5.74) is 3.75. The highest BCUT2D eigenvalue weighted by Gasteiger charge is 2.15. The summed E-state index contributed by atoms with van der Waals surface area (Å²) in [5, 5.41) is 5.55. The number of carbonyl (C=O) groups is 2. The van der Waals surface area contributed by atoms with Crippen molar-refractivity contribution < 1.29 is 14.0 Å². The highest BCUT2D eigenvalue weighted by molar-refractivity contribution is 6.05. The Bertz CT molecular complexity index is 987. The second-order valence-corrected chi connectivity index (χ2v) is 6.50. The third-order valence-corrected chi connectivity index (χ3v) is 4.34. The largest absolute Gasteiger partial charge is 0.465 e. The molecule has 0 unspecified atom stereocenters. The number of amides is 2. The van der Waals surface area contributed by atoms with E-state index in [-0.39, 0.29) is 17.5 Å². The predicted molar refractivity (Wildman–Crippen MR) is 108 cm³/mol. The second-order valence-electron chi connectivity index (χ2n) is 6.50. The molecule has 0 aliphatic heterocycles. The molecule has 0 aliphatic rings. The molecule has 0 fully saturated rings. The number of nitrogens with one attached hydrogen (secondary N) is 2. The van der Waals surface area contributed by atoms with Crippen LogP contribution in [0.4, 0.5) is 0 Å². The van der Waals surface area contributed by atoms with Gasteiger partial charge in [-0.05, 0) is 49.2 Å². The van der Waals surface area contributed by atoms with Crippen molar-refractivity contribution in [2.24, 2.45) is 0 Å². The molecular formula is C23H22N2O3. The third-order valence-electron chi connectivity index (χ3n) is 4.34. The minimum Gasteiger partial charge on any atom is -0.465 e. The fourth-order valence-electron chi connectivity index (χ4n) is 2.65. The van der Waals surface area contributed by atoms with E-state index in [1.165, 1.54) is 12.3 Å². The average Bonchev–Trinajstić information content (AvgIpc) is 3.20. The van der Waals surface area contributed by atoms with E-state index in [4.69, 9.17) is 4.42 Å². The Morgan fingerprint density at radius 3 is 2.39 bits per heavy atom. The molecule has 0 aliphatic carbocycles. The summed E-state index contributed by atoms with van der Waals surface area (Å²) in [5.74, 6) is -0.269. The summed E-state index contributed by atoms with van der Waals surface area (Å²) in [6.45, 7) is 4.30. The molecule has 0 saturated carbocycles. The Morgan fingerprint density at radius 2 is 1.71 bits per heavy atom. The van der Waals surface area contributed by atoms with Crippen molar-refractivity contribution in [3.63, 3.8) is 0 Å². The fourth-order valence-corrected chi connectivity index (χ4v) is 2.65. The number of carbonyl (C=O) groups excluding carboxylic acids is 2. The van der Waals surface area contributed by atoms with Crippen LogP contribution in [0.5, 0.6) is 0 Å². The van der Waals surface area contributed by atoms with Gasteiger partial charge in [-0.2, -0.15) is 0 Å². The van der Waals surface area contributed by atoms with Gasteiger partial charge >= 0.3 is 0 Å². The van der Waals surface area contributed by atoms with E-state index in [0.717, 1.165) is 16.7 Å². The van der Waals surface area contributed by atoms with Gasteiger partial charge in [-0.15, -0.1) is 0 Å². The van der Waals surface area contributed by atoms with Crippen LogP contribution in [0.15, 0.2) is 77.0 Å². The van der Waals surface area contributed by atoms with Crippen molar-refractivity contribution in [1.82, 2.24) is 10.6 Å². The zero-order chi connectivity index (χ0) is 19.9. The van der Waals surface area contributed by atoms with E-state index in [1.807, 2.05) is 50.2 Å². The van der Waals surface area contributed by atoms with Gasteiger partial charge in [-0.1, -0.05) is 42.0 Å². The van der Waals surface area contributed by atoms with Crippen LogP contribution >= 0.6 is 0 Å². The molecule has 2 aromatic carbocycles.